The smallest absolute Gasteiger partial charge is 0.387 e. The molecule has 1 aromatic heterocycles. The third-order valence-electron chi connectivity index (χ3n) is 5.15. The Kier molecular flexibility index (Phi) is 5.94. The van der Waals surface area contributed by atoms with Crippen LogP contribution in [0.3, 0.4) is 0 Å². The maximum atomic E-state index is 12.9. The number of carbonyl (C=O) groups is 1. The van der Waals surface area contributed by atoms with Crippen LogP contribution in [-0.4, -0.2) is 46.7 Å². The highest BCUT2D eigenvalue weighted by molar-refractivity contribution is 7.89. The summed E-state index contributed by atoms with van der Waals surface area (Å²) in [6.07, 6.45) is 1.33. The lowest BCUT2D eigenvalue weighted by Gasteiger charge is -2.22. The van der Waals surface area contributed by atoms with Crippen LogP contribution in [-0.2, 0) is 27.9 Å². The molecule has 168 valence electrons. The summed E-state index contributed by atoms with van der Waals surface area (Å²) in [5.41, 5.74) is 1.70. The van der Waals surface area contributed by atoms with Crippen molar-refractivity contribution < 1.29 is 31.8 Å². The molecule has 4 rings (SSSR count). The summed E-state index contributed by atoms with van der Waals surface area (Å²) in [7, 11) is -4.04. The maximum Gasteiger partial charge on any atom is 0.387 e. The van der Waals surface area contributed by atoms with Gasteiger partial charge >= 0.3 is 6.61 Å². The Morgan fingerprint density at radius 1 is 1.09 bits per heavy atom. The van der Waals surface area contributed by atoms with Crippen LogP contribution in [0.4, 0.5) is 8.78 Å². The fourth-order valence-corrected chi connectivity index (χ4v) is 4.71. The first-order valence-electron chi connectivity index (χ1n) is 9.62. The van der Waals surface area contributed by atoms with E-state index in [1.807, 2.05) is 6.07 Å². The number of nitrogens with zero attached hydrogens (tertiary/aromatic N) is 3. The van der Waals surface area contributed by atoms with Crippen LogP contribution < -0.4 is 4.74 Å². The molecule has 0 fully saturated rings. The molecule has 1 atom stereocenters. The Hall–Kier alpha value is -3.31. The number of fused-ring (bicyclic) bond motifs is 1. The zero-order chi connectivity index (χ0) is 22.9. The van der Waals surface area contributed by atoms with Crippen LogP contribution in [0.15, 0.2) is 65.7 Å². The topological polar surface area (TPSA) is 102 Å². The van der Waals surface area contributed by atoms with Crippen LogP contribution in [0.2, 0.25) is 0 Å². The van der Waals surface area contributed by atoms with Gasteiger partial charge in [0.25, 0.3) is 10.0 Å². The average Bonchev–Trinajstić information content (AvgIpc) is 3.35. The summed E-state index contributed by atoms with van der Waals surface area (Å²) < 4.78 is 55.2. The van der Waals surface area contributed by atoms with Crippen molar-refractivity contribution in [2.24, 2.45) is 0 Å². The Bertz CT molecular complexity index is 1190. The minimum absolute atomic E-state index is 0.112. The Morgan fingerprint density at radius 2 is 1.78 bits per heavy atom. The van der Waals surface area contributed by atoms with Crippen LogP contribution in [0.5, 0.6) is 5.75 Å². The van der Waals surface area contributed by atoms with E-state index in [2.05, 4.69) is 9.84 Å². The molecule has 0 spiro atoms. The molecule has 2 heterocycles. The van der Waals surface area contributed by atoms with Gasteiger partial charge in [-0.1, -0.05) is 30.3 Å². The van der Waals surface area contributed by atoms with Crippen molar-refractivity contribution in [1.82, 2.24) is 14.1 Å². The molecule has 0 bridgehead atoms. The van der Waals surface area contributed by atoms with Crippen LogP contribution in [0, 0.1) is 0 Å². The summed E-state index contributed by atoms with van der Waals surface area (Å²) in [6.45, 7) is -3.09. The number of amides is 1. The van der Waals surface area contributed by atoms with E-state index >= 15 is 0 Å². The molecule has 0 saturated heterocycles. The van der Waals surface area contributed by atoms with Gasteiger partial charge in [-0.3, -0.25) is 4.79 Å². The first-order chi connectivity index (χ1) is 15.3. The SMILES string of the molecule is O=C([C@@H](CO)c1ccccc1)N1Cc2cn(S(=O)(=O)c3ccc(OC(F)F)cc3)nc2C1. The monoisotopic (exact) mass is 463 g/mol. The number of aliphatic hydroxyl groups is 1. The summed E-state index contributed by atoms with van der Waals surface area (Å²) in [5.74, 6) is -1.15. The molecule has 11 heteroatoms. The molecule has 1 amide bonds. The van der Waals surface area contributed by atoms with Crippen molar-refractivity contribution in [3.05, 3.63) is 77.6 Å². The fraction of sp³-hybridized carbons (Fsp3) is 0.238. The number of hydrogen-bond donors (Lipinski definition) is 1. The number of carbonyl (C=O) groups excluding carboxylic acids is 1. The van der Waals surface area contributed by atoms with Gasteiger partial charge in [0, 0.05) is 18.3 Å². The Labute approximate surface area is 182 Å². The van der Waals surface area contributed by atoms with Crippen molar-refractivity contribution in [2.45, 2.75) is 30.5 Å². The normalized spacial score (nSPS) is 14.4. The molecular weight excluding hydrogens is 444 g/mol. The number of aromatic nitrogens is 2. The lowest BCUT2D eigenvalue weighted by Crippen LogP contribution is -2.33. The van der Waals surface area contributed by atoms with E-state index in [9.17, 15) is 27.1 Å². The highest BCUT2D eigenvalue weighted by atomic mass is 32.2. The van der Waals surface area contributed by atoms with Gasteiger partial charge in [-0.05, 0) is 29.8 Å². The molecule has 1 N–H and O–H groups in total. The number of ether oxygens (including phenoxy) is 1. The largest absolute Gasteiger partial charge is 0.435 e. The molecule has 1 aliphatic rings. The molecule has 0 unspecified atom stereocenters. The molecule has 0 aliphatic carbocycles. The number of alkyl halides is 2. The lowest BCUT2D eigenvalue weighted by molar-refractivity contribution is -0.134. The molecular formula is C21H19F2N3O5S. The van der Waals surface area contributed by atoms with Gasteiger partial charge < -0.3 is 14.7 Å². The van der Waals surface area contributed by atoms with Crippen LogP contribution in [0.25, 0.3) is 0 Å². The number of hydrogen-bond acceptors (Lipinski definition) is 6. The second kappa shape index (κ2) is 8.67. The molecule has 1 aliphatic heterocycles. The van der Waals surface area contributed by atoms with Crippen molar-refractivity contribution in [1.29, 1.82) is 0 Å². The van der Waals surface area contributed by atoms with Crippen molar-refractivity contribution in [2.75, 3.05) is 6.61 Å². The van der Waals surface area contributed by atoms with Crippen molar-refractivity contribution >= 4 is 15.9 Å². The summed E-state index contributed by atoms with van der Waals surface area (Å²) in [4.78, 5) is 14.3. The number of benzene rings is 2. The quantitative estimate of drug-likeness (QED) is 0.577. The van der Waals surface area contributed by atoms with E-state index < -0.39 is 22.6 Å². The summed E-state index contributed by atoms with van der Waals surface area (Å²) >= 11 is 0. The van der Waals surface area contributed by atoms with Gasteiger partial charge in [-0.15, -0.1) is 0 Å². The highest BCUT2D eigenvalue weighted by Gasteiger charge is 2.33. The van der Waals surface area contributed by atoms with E-state index in [4.69, 9.17) is 0 Å². The molecule has 0 saturated carbocycles. The molecule has 2 aromatic carbocycles. The summed E-state index contributed by atoms with van der Waals surface area (Å²) in [5, 5.41) is 13.8. The van der Waals surface area contributed by atoms with Gasteiger partial charge in [0.1, 0.15) is 5.75 Å². The first kappa shape index (κ1) is 21.9. The van der Waals surface area contributed by atoms with E-state index in [0.29, 0.717) is 16.8 Å². The second-order valence-corrected chi connectivity index (χ2v) is 8.96. The maximum absolute atomic E-state index is 12.9. The van der Waals surface area contributed by atoms with E-state index in [-0.39, 0.29) is 36.2 Å². The van der Waals surface area contributed by atoms with E-state index in [1.54, 1.807) is 24.3 Å². The van der Waals surface area contributed by atoms with Crippen LogP contribution in [0.1, 0.15) is 22.7 Å². The predicted molar refractivity (Wildman–Crippen MR) is 108 cm³/mol. The van der Waals surface area contributed by atoms with Crippen molar-refractivity contribution in [3.63, 3.8) is 0 Å². The first-order valence-corrected chi connectivity index (χ1v) is 11.1. The third-order valence-corrected chi connectivity index (χ3v) is 6.69. The van der Waals surface area contributed by atoms with Crippen LogP contribution >= 0.6 is 0 Å². The molecule has 0 radical (unpaired) electrons. The number of rotatable bonds is 7. The Morgan fingerprint density at radius 3 is 2.38 bits per heavy atom. The zero-order valence-corrected chi connectivity index (χ0v) is 17.5. The van der Waals surface area contributed by atoms with Gasteiger partial charge in [0.15, 0.2) is 0 Å². The minimum Gasteiger partial charge on any atom is -0.435 e. The van der Waals surface area contributed by atoms with E-state index in [0.717, 1.165) is 28.4 Å². The van der Waals surface area contributed by atoms with E-state index in [1.165, 1.54) is 11.1 Å². The van der Waals surface area contributed by atoms with Crippen molar-refractivity contribution in [3.8, 4) is 5.75 Å². The predicted octanol–water partition coefficient (Wildman–Crippen LogP) is 2.34. The minimum atomic E-state index is -4.04. The van der Waals surface area contributed by atoms with Gasteiger partial charge in [0.05, 0.1) is 29.7 Å². The van der Waals surface area contributed by atoms with Gasteiger partial charge in [0.2, 0.25) is 5.91 Å². The lowest BCUT2D eigenvalue weighted by atomic mass is 9.98. The Balaban J connectivity index is 1.50. The van der Waals surface area contributed by atoms with Gasteiger partial charge in [-0.25, -0.2) is 0 Å². The second-order valence-electron chi connectivity index (χ2n) is 7.17. The highest BCUT2D eigenvalue weighted by Crippen LogP contribution is 2.28. The number of aliphatic hydroxyl groups excluding tert-OH is 1. The molecule has 8 nitrogen and oxygen atoms in total. The standard InChI is InChI=1S/C21H19F2N3O5S/c22-21(23)31-16-6-8-17(9-7-16)32(29,30)26-11-15-10-25(12-19(15)24-26)20(28)18(13-27)14-4-2-1-3-5-14/h1-9,11,18,21,27H,10,12-13H2/t18-/m0/s1. The summed E-state index contributed by atoms with van der Waals surface area (Å²) in [6, 6.07) is 13.5. The number of halogens is 2. The zero-order valence-electron chi connectivity index (χ0n) is 16.6. The van der Waals surface area contributed by atoms with Gasteiger partial charge in [-0.2, -0.15) is 26.4 Å². The fourth-order valence-electron chi connectivity index (χ4n) is 3.54. The average molecular weight is 463 g/mol. The molecule has 3 aromatic rings. The molecule has 32 heavy (non-hydrogen) atoms. The third kappa shape index (κ3) is 4.21.